The molecular formula is C19H30N2O2. The first-order valence-corrected chi connectivity index (χ1v) is 8.98. The summed E-state index contributed by atoms with van der Waals surface area (Å²) in [5.74, 6) is 0. The van der Waals surface area contributed by atoms with E-state index >= 15 is 0 Å². The molecule has 128 valence electrons. The molecule has 2 N–H and O–H groups in total. The maximum Gasteiger partial charge on any atom is 0.318 e. The number of urea groups is 1. The smallest absolute Gasteiger partial charge is 0.318 e. The summed E-state index contributed by atoms with van der Waals surface area (Å²) >= 11 is 0. The lowest BCUT2D eigenvalue weighted by Crippen LogP contribution is -2.50. The van der Waals surface area contributed by atoms with Crippen LogP contribution in [0.3, 0.4) is 0 Å². The number of unbranched alkanes of at least 4 members (excludes halogenated alkanes) is 2. The maximum atomic E-state index is 12.7. The molecule has 0 aromatic heterocycles. The van der Waals surface area contributed by atoms with Crippen LogP contribution in [0.1, 0.15) is 57.4 Å². The molecule has 4 heteroatoms. The van der Waals surface area contributed by atoms with Gasteiger partial charge >= 0.3 is 6.03 Å². The van der Waals surface area contributed by atoms with Crippen molar-refractivity contribution in [1.29, 1.82) is 0 Å². The third kappa shape index (κ3) is 5.87. The van der Waals surface area contributed by atoms with Crippen molar-refractivity contribution >= 4 is 6.03 Å². The van der Waals surface area contributed by atoms with E-state index in [0.29, 0.717) is 6.54 Å². The van der Waals surface area contributed by atoms with Crippen LogP contribution in [0, 0.1) is 0 Å². The average Bonchev–Trinajstić information content (AvgIpc) is 2.57. The van der Waals surface area contributed by atoms with E-state index in [4.69, 9.17) is 0 Å². The van der Waals surface area contributed by atoms with Gasteiger partial charge in [0.2, 0.25) is 0 Å². The lowest BCUT2D eigenvalue weighted by molar-refractivity contribution is 0.0893. The molecule has 2 rings (SSSR count). The van der Waals surface area contributed by atoms with Crippen LogP contribution in [0.25, 0.3) is 0 Å². The zero-order valence-electron chi connectivity index (χ0n) is 14.2. The van der Waals surface area contributed by atoms with Crippen molar-refractivity contribution in [3.63, 3.8) is 0 Å². The Balaban J connectivity index is 1.95. The van der Waals surface area contributed by atoms with Crippen LogP contribution in [0.15, 0.2) is 30.3 Å². The van der Waals surface area contributed by atoms with Gasteiger partial charge in [-0.3, -0.25) is 0 Å². The second-order valence-corrected chi connectivity index (χ2v) is 6.52. The minimum atomic E-state index is -0.401. The molecular weight excluding hydrogens is 288 g/mol. The van der Waals surface area contributed by atoms with Gasteiger partial charge in [0.25, 0.3) is 0 Å². The molecule has 0 heterocycles. The van der Waals surface area contributed by atoms with E-state index in [9.17, 15) is 9.90 Å². The minimum absolute atomic E-state index is 0.0455. The summed E-state index contributed by atoms with van der Waals surface area (Å²) in [6.45, 7) is 3.55. The highest BCUT2D eigenvalue weighted by molar-refractivity contribution is 5.74. The number of nitrogens with one attached hydrogen (secondary N) is 1. The number of aliphatic hydroxyl groups is 1. The monoisotopic (exact) mass is 318 g/mol. The highest BCUT2D eigenvalue weighted by atomic mass is 16.3. The van der Waals surface area contributed by atoms with E-state index in [2.05, 4.69) is 24.4 Å². The van der Waals surface area contributed by atoms with Gasteiger partial charge in [0.1, 0.15) is 0 Å². The molecule has 1 aromatic carbocycles. The molecule has 4 nitrogen and oxygen atoms in total. The van der Waals surface area contributed by atoms with E-state index in [1.807, 2.05) is 23.1 Å². The van der Waals surface area contributed by atoms with Gasteiger partial charge in [-0.25, -0.2) is 4.79 Å². The largest absolute Gasteiger partial charge is 0.391 e. The summed E-state index contributed by atoms with van der Waals surface area (Å²) in [4.78, 5) is 14.5. The summed E-state index contributed by atoms with van der Waals surface area (Å²) in [6, 6.07) is 9.95. The molecule has 2 unspecified atom stereocenters. The van der Waals surface area contributed by atoms with Crippen molar-refractivity contribution in [2.75, 3.05) is 6.54 Å². The Morgan fingerprint density at radius 2 is 1.96 bits per heavy atom. The predicted octanol–water partition coefficient (Wildman–Crippen LogP) is 3.69. The molecule has 0 aliphatic heterocycles. The Kier molecular flexibility index (Phi) is 7.40. The highest BCUT2D eigenvalue weighted by Gasteiger charge is 2.26. The number of benzene rings is 1. The number of hydrogen-bond acceptors (Lipinski definition) is 2. The Bertz CT molecular complexity index is 464. The molecule has 2 atom stereocenters. The number of carbonyl (C=O) groups excluding carboxylic acids is 1. The van der Waals surface area contributed by atoms with Crippen LogP contribution in [0.5, 0.6) is 0 Å². The molecule has 0 radical (unpaired) electrons. The fraction of sp³-hybridized carbons (Fsp3) is 0.632. The Labute approximate surface area is 139 Å². The zero-order chi connectivity index (χ0) is 16.5. The molecule has 1 aliphatic rings. The van der Waals surface area contributed by atoms with E-state index in [-0.39, 0.29) is 12.1 Å². The zero-order valence-corrected chi connectivity index (χ0v) is 14.2. The summed E-state index contributed by atoms with van der Waals surface area (Å²) in [5.41, 5.74) is 1.14. The first-order valence-electron chi connectivity index (χ1n) is 8.98. The van der Waals surface area contributed by atoms with Gasteiger partial charge in [0.05, 0.1) is 12.1 Å². The van der Waals surface area contributed by atoms with Gasteiger partial charge in [-0.2, -0.15) is 0 Å². The summed E-state index contributed by atoms with van der Waals surface area (Å²) in [7, 11) is 0. The number of carbonyl (C=O) groups is 1. The summed E-state index contributed by atoms with van der Waals surface area (Å²) in [5, 5.41) is 13.1. The normalized spacial score (nSPS) is 21.0. The molecule has 2 amide bonds. The predicted molar refractivity (Wildman–Crippen MR) is 93.2 cm³/mol. The number of aliphatic hydroxyl groups excluding tert-OH is 1. The molecule has 1 saturated carbocycles. The van der Waals surface area contributed by atoms with Gasteiger partial charge in [-0.15, -0.1) is 0 Å². The lowest BCUT2D eigenvalue weighted by atomic mass is 9.93. The van der Waals surface area contributed by atoms with Gasteiger partial charge in [-0.1, -0.05) is 62.9 Å². The molecule has 0 bridgehead atoms. The highest BCUT2D eigenvalue weighted by Crippen LogP contribution is 2.19. The number of nitrogens with zero attached hydrogens (tertiary/aromatic N) is 1. The van der Waals surface area contributed by atoms with Crippen LogP contribution in [-0.4, -0.2) is 34.7 Å². The Morgan fingerprint density at radius 3 is 2.65 bits per heavy atom. The first kappa shape index (κ1) is 17.8. The third-order valence-electron chi connectivity index (χ3n) is 4.57. The molecule has 1 aliphatic carbocycles. The van der Waals surface area contributed by atoms with Gasteiger partial charge in [-0.05, 0) is 24.8 Å². The van der Waals surface area contributed by atoms with Gasteiger partial charge in [0.15, 0.2) is 0 Å². The fourth-order valence-corrected chi connectivity index (χ4v) is 3.14. The van der Waals surface area contributed by atoms with Crippen LogP contribution in [0.2, 0.25) is 0 Å². The van der Waals surface area contributed by atoms with Crippen molar-refractivity contribution < 1.29 is 9.90 Å². The van der Waals surface area contributed by atoms with Gasteiger partial charge < -0.3 is 15.3 Å². The quantitative estimate of drug-likeness (QED) is 0.753. The van der Waals surface area contributed by atoms with E-state index in [0.717, 1.165) is 57.1 Å². The van der Waals surface area contributed by atoms with Crippen molar-refractivity contribution in [2.45, 2.75) is 70.6 Å². The van der Waals surface area contributed by atoms with Crippen molar-refractivity contribution in [1.82, 2.24) is 10.2 Å². The van der Waals surface area contributed by atoms with Crippen LogP contribution in [-0.2, 0) is 6.54 Å². The van der Waals surface area contributed by atoms with Crippen LogP contribution >= 0.6 is 0 Å². The van der Waals surface area contributed by atoms with Crippen molar-refractivity contribution in [3.05, 3.63) is 35.9 Å². The first-order chi connectivity index (χ1) is 11.2. The van der Waals surface area contributed by atoms with Crippen molar-refractivity contribution in [3.8, 4) is 0 Å². The fourth-order valence-electron chi connectivity index (χ4n) is 3.14. The second-order valence-electron chi connectivity index (χ2n) is 6.52. The van der Waals surface area contributed by atoms with Crippen LogP contribution in [0.4, 0.5) is 4.79 Å². The minimum Gasteiger partial charge on any atom is -0.391 e. The topological polar surface area (TPSA) is 52.6 Å². The average molecular weight is 318 g/mol. The molecule has 0 spiro atoms. The third-order valence-corrected chi connectivity index (χ3v) is 4.57. The molecule has 1 fully saturated rings. The van der Waals surface area contributed by atoms with E-state index in [1.165, 1.54) is 0 Å². The second kappa shape index (κ2) is 9.56. The standard InChI is InChI=1S/C19H30N2O2/c1-2-3-9-14-21(15-16-10-5-4-6-11-16)19(23)20-17-12-7-8-13-18(17)22/h4-6,10-11,17-18,22H,2-3,7-9,12-15H2,1H3,(H,20,23). The molecule has 1 aromatic rings. The Hall–Kier alpha value is -1.55. The van der Waals surface area contributed by atoms with E-state index < -0.39 is 6.10 Å². The van der Waals surface area contributed by atoms with Gasteiger partial charge in [0, 0.05) is 13.1 Å². The van der Waals surface area contributed by atoms with Crippen molar-refractivity contribution in [2.24, 2.45) is 0 Å². The molecule has 23 heavy (non-hydrogen) atoms. The Morgan fingerprint density at radius 1 is 1.22 bits per heavy atom. The maximum absolute atomic E-state index is 12.7. The van der Waals surface area contributed by atoms with Crippen LogP contribution < -0.4 is 5.32 Å². The SMILES string of the molecule is CCCCCN(Cc1ccccc1)C(=O)NC1CCCCC1O. The summed E-state index contributed by atoms with van der Waals surface area (Å²) in [6.07, 6.45) is 6.69. The molecule has 0 saturated heterocycles. The lowest BCUT2D eigenvalue weighted by Gasteiger charge is -2.31. The number of rotatable bonds is 7. The van der Waals surface area contributed by atoms with E-state index in [1.54, 1.807) is 0 Å². The number of hydrogen-bond donors (Lipinski definition) is 2. The number of amides is 2. The summed E-state index contributed by atoms with van der Waals surface area (Å²) < 4.78 is 0.